The Balaban J connectivity index is 1.16. The summed E-state index contributed by atoms with van der Waals surface area (Å²) in [6, 6.07) is 14.5. The van der Waals surface area contributed by atoms with Crippen LogP contribution in [0.2, 0.25) is 0 Å². The summed E-state index contributed by atoms with van der Waals surface area (Å²) in [6.45, 7) is 12.8. The Morgan fingerprint density at radius 2 is 1.00 bits per heavy atom. The van der Waals surface area contributed by atoms with Crippen molar-refractivity contribution >= 4 is 79.8 Å². The lowest BCUT2D eigenvalue weighted by atomic mass is 9.92. The molecule has 43 heavy (non-hydrogen) atoms. The molecule has 0 aromatic heterocycles. The van der Waals surface area contributed by atoms with Crippen LogP contribution in [0.4, 0.5) is 11.4 Å². The quantitative estimate of drug-likeness (QED) is 0.283. The number of hydrogen-bond donors (Lipinski definition) is 2. The fraction of sp³-hybridized carbons (Fsp3) is 0.500. The zero-order valence-electron chi connectivity index (χ0n) is 25.3. The maximum atomic E-state index is 12.5. The molecule has 4 atom stereocenters. The molecule has 2 aromatic rings. The minimum absolute atomic E-state index is 0.0901. The minimum Gasteiger partial charge on any atom is -0.457 e. The fourth-order valence-electron chi connectivity index (χ4n) is 5.80. The highest BCUT2D eigenvalue weighted by atomic mass is 32.2. The number of ether oxygens (including phenoxy) is 1. The highest BCUT2D eigenvalue weighted by molar-refractivity contribution is 8.23. The van der Waals surface area contributed by atoms with Crippen LogP contribution in [0.5, 0.6) is 11.5 Å². The molecule has 0 saturated carbocycles. The van der Waals surface area contributed by atoms with Crippen molar-refractivity contribution in [2.24, 2.45) is 23.7 Å². The molecule has 4 rings (SSSR count). The zero-order valence-corrected chi connectivity index (χ0v) is 28.6. The molecule has 2 amide bonds. The number of thioether (sulfide) groups is 2. The normalized spacial score (nSPS) is 22.0. The van der Waals surface area contributed by atoms with Gasteiger partial charge in [-0.15, -0.1) is 0 Å². The summed E-state index contributed by atoms with van der Waals surface area (Å²) in [7, 11) is 0. The molecule has 0 spiro atoms. The van der Waals surface area contributed by atoms with Crippen LogP contribution in [0.1, 0.15) is 40.5 Å². The Morgan fingerprint density at radius 1 is 0.674 bits per heavy atom. The number of benzene rings is 2. The molecule has 7 nitrogen and oxygen atoms in total. The van der Waals surface area contributed by atoms with Crippen molar-refractivity contribution in [1.82, 2.24) is 9.80 Å². The molecule has 0 bridgehead atoms. The molecule has 232 valence electrons. The highest BCUT2D eigenvalue weighted by Crippen LogP contribution is 2.27. The van der Waals surface area contributed by atoms with Crippen LogP contribution in [-0.4, -0.2) is 67.9 Å². The molecule has 2 aliphatic heterocycles. The second kappa shape index (κ2) is 16.1. The standard InChI is InChI=1S/C32H42N4O3S4/c1-21-13-22(2)16-35(15-21)31(40)42-19-29(37)33-25-5-9-27(10-6-25)39-28-11-7-26(8-12-28)34-30(38)20-43-32(41)36-17-23(3)14-24(4)18-36/h5-12,21-24H,13-20H2,1-4H3,(H,33,37)(H,34,38). The molecule has 11 heteroatoms. The van der Waals surface area contributed by atoms with Crippen LogP contribution in [-0.2, 0) is 9.59 Å². The molecule has 4 unspecified atom stereocenters. The Morgan fingerprint density at radius 3 is 1.33 bits per heavy atom. The molecule has 0 radical (unpaired) electrons. The number of carbonyl (C=O) groups is 2. The number of nitrogens with zero attached hydrogens (tertiary/aromatic N) is 2. The first-order valence-electron chi connectivity index (χ1n) is 14.8. The lowest BCUT2D eigenvalue weighted by molar-refractivity contribution is -0.114. The van der Waals surface area contributed by atoms with Gasteiger partial charge < -0.3 is 25.2 Å². The summed E-state index contributed by atoms with van der Waals surface area (Å²) in [6.07, 6.45) is 2.45. The average Bonchev–Trinajstić information content (AvgIpc) is 2.95. The monoisotopic (exact) mass is 658 g/mol. The number of carbonyl (C=O) groups excluding carboxylic acids is 2. The van der Waals surface area contributed by atoms with E-state index in [0.717, 1.165) is 34.8 Å². The molecule has 2 aliphatic rings. The summed E-state index contributed by atoms with van der Waals surface area (Å²) in [5.74, 6) is 4.14. The largest absolute Gasteiger partial charge is 0.457 e. The van der Waals surface area contributed by atoms with Crippen LogP contribution in [0, 0.1) is 23.7 Å². The van der Waals surface area contributed by atoms with Gasteiger partial charge in [0.15, 0.2) is 0 Å². The van der Waals surface area contributed by atoms with Crippen molar-refractivity contribution in [2.75, 3.05) is 48.3 Å². The Hall–Kier alpha value is -2.34. The van der Waals surface area contributed by atoms with Crippen LogP contribution < -0.4 is 15.4 Å². The van der Waals surface area contributed by atoms with E-state index in [1.165, 1.54) is 36.4 Å². The molecule has 2 fully saturated rings. The summed E-state index contributed by atoms with van der Waals surface area (Å²) >= 11 is 14.0. The molecular formula is C32H42N4O3S4. The summed E-state index contributed by atoms with van der Waals surface area (Å²) < 4.78 is 7.54. The average molecular weight is 659 g/mol. The minimum atomic E-state index is -0.0901. The van der Waals surface area contributed by atoms with Crippen molar-refractivity contribution in [1.29, 1.82) is 0 Å². The van der Waals surface area contributed by atoms with E-state index in [1.807, 2.05) is 48.5 Å². The molecule has 2 saturated heterocycles. The van der Waals surface area contributed by atoms with Gasteiger partial charge in [0.1, 0.15) is 20.1 Å². The van der Waals surface area contributed by atoms with E-state index in [-0.39, 0.29) is 23.3 Å². The second-order valence-corrected chi connectivity index (χ2v) is 15.3. The Kier molecular flexibility index (Phi) is 12.6. The first-order valence-corrected chi connectivity index (χ1v) is 17.6. The van der Waals surface area contributed by atoms with Crippen molar-refractivity contribution in [3.05, 3.63) is 48.5 Å². The highest BCUT2D eigenvalue weighted by Gasteiger charge is 2.25. The van der Waals surface area contributed by atoms with Crippen molar-refractivity contribution < 1.29 is 14.3 Å². The van der Waals surface area contributed by atoms with Gasteiger partial charge in [0.2, 0.25) is 11.8 Å². The summed E-state index contributed by atoms with van der Waals surface area (Å²) in [5.41, 5.74) is 1.40. The molecule has 2 heterocycles. The van der Waals surface area contributed by atoms with Gasteiger partial charge in [0, 0.05) is 37.6 Å². The Labute approximate surface area is 275 Å². The molecule has 2 aromatic carbocycles. The van der Waals surface area contributed by atoms with Crippen LogP contribution in [0.25, 0.3) is 0 Å². The van der Waals surface area contributed by atoms with Crippen molar-refractivity contribution in [2.45, 2.75) is 40.5 Å². The fourth-order valence-corrected chi connectivity index (χ4v) is 7.77. The van der Waals surface area contributed by atoms with Gasteiger partial charge in [0.05, 0.1) is 11.5 Å². The smallest absolute Gasteiger partial charge is 0.234 e. The van der Waals surface area contributed by atoms with Crippen molar-refractivity contribution in [3.63, 3.8) is 0 Å². The lowest BCUT2D eigenvalue weighted by Gasteiger charge is -2.36. The SMILES string of the molecule is CC1CC(C)CN(C(=S)SCC(=O)Nc2ccc(Oc3ccc(NC(=O)CSC(=S)N4CC(C)CC(C)C4)cc3)cc2)C1. The van der Waals surface area contributed by atoms with E-state index in [0.29, 0.717) is 46.5 Å². The number of amides is 2. The summed E-state index contributed by atoms with van der Waals surface area (Å²) in [5, 5.41) is 5.86. The van der Waals surface area contributed by atoms with Gasteiger partial charge in [-0.05, 0) is 85.0 Å². The first kappa shape index (κ1) is 33.6. The topological polar surface area (TPSA) is 73.9 Å². The van der Waals surface area contributed by atoms with E-state index >= 15 is 0 Å². The number of likely N-dealkylation sites (tertiary alicyclic amines) is 2. The van der Waals surface area contributed by atoms with Gasteiger partial charge in [-0.1, -0.05) is 75.7 Å². The third-order valence-electron chi connectivity index (χ3n) is 7.42. The maximum Gasteiger partial charge on any atom is 0.234 e. The van der Waals surface area contributed by atoms with Gasteiger partial charge in [-0.25, -0.2) is 0 Å². The maximum absolute atomic E-state index is 12.5. The number of hydrogen-bond acceptors (Lipinski definition) is 7. The van der Waals surface area contributed by atoms with E-state index in [9.17, 15) is 9.59 Å². The third kappa shape index (κ3) is 11.0. The van der Waals surface area contributed by atoms with E-state index < -0.39 is 0 Å². The zero-order chi connectivity index (χ0) is 30.9. The number of piperidine rings is 2. The number of nitrogens with one attached hydrogen (secondary N) is 2. The number of thiocarbonyl (C=S) groups is 2. The van der Waals surface area contributed by atoms with Gasteiger partial charge in [0.25, 0.3) is 0 Å². The number of rotatable bonds is 8. The first-order chi connectivity index (χ1) is 20.5. The van der Waals surface area contributed by atoms with E-state index in [2.05, 4.69) is 48.1 Å². The predicted octanol–water partition coefficient (Wildman–Crippen LogP) is 7.35. The van der Waals surface area contributed by atoms with Gasteiger partial charge in [-0.3, -0.25) is 9.59 Å². The second-order valence-electron chi connectivity index (χ2n) is 12.1. The third-order valence-corrected chi connectivity index (χ3v) is 10.5. The number of anilines is 2. The summed E-state index contributed by atoms with van der Waals surface area (Å²) in [4.78, 5) is 29.5. The predicted molar refractivity (Wildman–Crippen MR) is 189 cm³/mol. The van der Waals surface area contributed by atoms with Gasteiger partial charge in [-0.2, -0.15) is 0 Å². The lowest BCUT2D eigenvalue weighted by Crippen LogP contribution is -2.41. The van der Waals surface area contributed by atoms with E-state index in [4.69, 9.17) is 29.2 Å². The van der Waals surface area contributed by atoms with E-state index in [1.54, 1.807) is 0 Å². The van der Waals surface area contributed by atoms with Crippen molar-refractivity contribution in [3.8, 4) is 11.5 Å². The van der Waals surface area contributed by atoms with Crippen LogP contribution in [0.3, 0.4) is 0 Å². The molecular weight excluding hydrogens is 617 g/mol. The molecule has 2 N–H and O–H groups in total. The van der Waals surface area contributed by atoms with Crippen LogP contribution >= 0.6 is 48.0 Å². The van der Waals surface area contributed by atoms with Crippen LogP contribution in [0.15, 0.2) is 48.5 Å². The van der Waals surface area contributed by atoms with Gasteiger partial charge >= 0.3 is 0 Å². The Bertz CT molecular complexity index is 1160. The molecule has 0 aliphatic carbocycles.